The fraction of sp³-hybridized carbons (Fsp3) is 0.565. The van der Waals surface area contributed by atoms with E-state index >= 15 is 0 Å². The van der Waals surface area contributed by atoms with Crippen molar-refractivity contribution in [3.05, 3.63) is 51.6 Å². The number of hydrogen-bond donors (Lipinski definition) is 1. The minimum Gasteiger partial charge on any atom is -0.321 e. The van der Waals surface area contributed by atoms with Gasteiger partial charge >= 0.3 is 0 Å². The van der Waals surface area contributed by atoms with Crippen LogP contribution in [0.2, 0.25) is 0 Å². The summed E-state index contributed by atoms with van der Waals surface area (Å²) in [5, 5.41) is 14.0. The van der Waals surface area contributed by atoms with E-state index in [0.717, 1.165) is 73.4 Å². The van der Waals surface area contributed by atoms with Gasteiger partial charge in [0.2, 0.25) is 0 Å². The van der Waals surface area contributed by atoms with Crippen molar-refractivity contribution >= 4 is 10.9 Å². The summed E-state index contributed by atoms with van der Waals surface area (Å²) in [6, 6.07) is 8.26. The summed E-state index contributed by atoms with van der Waals surface area (Å²) in [7, 11) is 0. The van der Waals surface area contributed by atoms with Gasteiger partial charge in [-0.3, -0.25) is 9.69 Å². The number of pyridine rings is 1. The van der Waals surface area contributed by atoms with E-state index in [2.05, 4.69) is 43.3 Å². The van der Waals surface area contributed by atoms with Crippen molar-refractivity contribution in [1.82, 2.24) is 35.0 Å². The SMILES string of the molecule is CCN1CCN([C@@H](c2cc3cccc(C)c3[nH]c2=O)c2nnnn2C2CCCC2)CC1. The zero-order valence-corrected chi connectivity index (χ0v) is 18.4. The third-order valence-corrected chi connectivity index (χ3v) is 7.06. The molecule has 8 nitrogen and oxygen atoms in total. The summed E-state index contributed by atoms with van der Waals surface area (Å²) >= 11 is 0. The van der Waals surface area contributed by atoms with Crippen molar-refractivity contribution in [3.8, 4) is 0 Å². The van der Waals surface area contributed by atoms with E-state index in [0.29, 0.717) is 6.04 Å². The number of hydrogen-bond acceptors (Lipinski definition) is 6. The van der Waals surface area contributed by atoms with Gasteiger partial charge in [0.05, 0.1) is 11.6 Å². The van der Waals surface area contributed by atoms with Gasteiger partial charge in [-0.2, -0.15) is 0 Å². The normalized spacial score (nSPS) is 19.9. The van der Waals surface area contributed by atoms with Gasteiger partial charge in [-0.15, -0.1) is 5.10 Å². The van der Waals surface area contributed by atoms with Crippen molar-refractivity contribution in [1.29, 1.82) is 0 Å². The third-order valence-electron chi connectivity index (χ3n) is 7.06. The minimum atomic E-state index is -0.247. The molecule has 1 aliphatic carbocycles. The van der Waals surface area contributed by atoms with Crippen molar-refractivity contribution in [2.45, 2.75) is 51.6 Å². The summed E-state index contributed by atoms with van der Waals surface area (Å²) in [5.74, 6) is 0.800. The molecule has 2 aliphatic rings. The van der Waals surface area contributed by atoms with E-state index < -0.39 is 0 Å². The van der Waals surface area contributed by atoms with Gasteiger partial charge in [0.15, 0.2) is 5.82 Å². The van der Waals surface area contributed by atoms with Crippen molar-refractivity contribution in [2.24, 2.45) is 0 Å². The molecule has 0 unspecified atom stereocenters. The summed E-state index contributed by atoms with van der Waals surface area (Å²) in [6.07, 6.45) is 4.61. The predicted octanol–water partition coefficient (Wildman–Crippen LogP) is 2.67. The molecule has 0 spiro atoms. The molecule has 1 aliphatic heterocycles. The van der Waals surface area contributed by atoms with Gasteiger partial charge in [-0.25, -0.2) is 4.68 Å². The average Bonchev–Trinajstić information content (AvgIpc) is 3.47. The number of nitrogens with one attached hydrogen (secondary N) is 1. The number of benzene rings is 1. The number of nitrogens with zero attached hydrogens (tertiary/aromatic N) is 6. The zero-order valence-electron chi connectivity index (χ0n) is 18.4. The second kappa shape index (κ2) is 8.51. The molecule has 164 valence electrons. The Balaban J connectivity index is 1.62. The zero-order chi connectivity index (χ0) is 21.4. The molecule has 2 aromatic heterocycles. The van der Waals surface area contributed by atoms with E-state index in [4.69, 9.17) is 0 Å². The summed E-state index contributed by atoms with van der Waals surface area (Å²) in [6.45, 7) is 9.03. The Bertz CT molecular complexity index is 1110. The fourth-order valence-corrected chi connectivity index (χ4v) is 5.23. The maximum absolute atomic E-state index is 13.3. The molecule has 1 saturated heterocycles. The highest BCUT2D eigenvalue weighted by Gasteiger charge is 2.34. The number of rotatable bonds is 5. The fourth-order valence-electron chi connectivity index (χ4n) is 5.23. The van der Waals surface area contributed by atoms with Crippen LogP contribution in [0.25, 0.3) is 10.9 Å². The standard InChI is InChI=1S/C23H31N7O/c1-3-28-11-13-29(14-12-28)21(22-25-26-27-30(22)18-9-4-5-10-18)19-15-17-8-6-7-16(2)20(17)24-23(19)31/h6-8,15,18,21H,3-5,9-14H2,1-2H3,(H,24,31)/t21-/m0/s1. The highest BCUT2D eigenvalue weighted by molar-refractivity contribution is 5.82. The molecule has 0 radical (unpaired) electrons. The van der Waals surface area contributed by atoms with E-state index in [1.807, 2.05) is 29.8 Å². The number of H-pyrrole nitrogens is 1. The van der Waals surface area contributed by atoms with Crippen molar-refractivity contribution < 1.29 is 0 Å². The molecule has 3 aromatic rings. The van der Waals surface area contributed by atoms with Crippen LogP contribution in [0.3, 0.4) is 0 Å². The lowest BCUT2D eigenvalue weighted by atomic mass is 10.0. The molecule has 5 rings (SSSR count). The van der Waals surface area contributed by atoms with E-state index in [9.17, 15) is 4.79 Å². The molecule has 1 N–H and O–H groups in total. The molecule has 31 heavy (non-hydrogen) atoms. The molecule has 1 aromatic carbocycles. The van der Waals surface area contributed by atoms with Crippen LogP contribution in [0.15, 0.2) is 29.1 Å². The van der Waals surface area contributed by atoms with E-state index in [1.54, 1.807) is 0 Å². The number of aromatic nitrogens is 5. The second-order valence-corrected chi connectivity index (χ2v) is 8.89. The van der Waals surface area contributed by atoms with Gasteiger partial charge in [0.25, 0.3) is 5.56 Å². The third kappa shape index (κ3) is 3.78. The Morgan fingerprint density at radius 2 is 1.94 bits per heavy atom. The van der Waals surface area contributed by atoms with Crippen LogP contribution in [0.4, 0.5) is 0 Å². The first-order chi connectivity index (χ1) is 15.2. The van der Waals surface area contributed by atoms with Crippen LogP contribution in [0.5, 0.6) is 0 Å². The maximum Gasteiger partial charge on any atom is 0.253 e. The Morgan fingerprint density at radius 1 is 1.16 bits per heavy atom. The van der Waals surface area contributed by atoms with Crippen LogP contribution in [0.1, 0.15) is 61.6 Å². The lowest BCUT2D eigenvalue weighted by Gasteiger charge is -2.38. The molecular weight excluding hydrogens is 390 g/mol. The lowest BCUT2D eigenvalue weighted by molar-refractivity contribution is 0.107. The summed E-state index contributed by atoms with van der Waals surface area (Å²) < 4.78 is 2.00. The first-order valence-electron chi connectivity index (χ1n) is 11.5. The van der Waals surface area contributed by atoms with Gasteiger partial charge in [-0.05, 0) is 53.8 Å². The van der Waals surface area contributed by atoms with Gasteiger partial charge in [-0.1, -0.05) is 38.0 Å². The molecule has 1 saturated carbocycles. The number of piperazine rings is 1. The molecular formula is C23H31N7O. The Hall–Kier alpha value is -2.58. The number of para-hydroxylation sites is 1. The van der Waals surface area contributed by atoms with Crippen LogP contribution < -0.4 is 5.56 Å². The molecule has 1 atom stereocenters. The van der Waals surface area contributed by atoms with Crippen molar-refractivity contribution in [3.63, 3.8) is 0 Å². The number of tetrazole rings is 1. The number of fused-ring (bicyclic) bond motifs is 1. The lowest BCUT2D eigenvalue weighted by Crippen LogP contribution is -2.49. The molecule has 3 heterocycles. The van der Waals surface area contributed by atoms with Gasteiger partial charge < -0.3 is 9.88 Å². The highest BCUT2D eigenvalue weighted by atomic mass is 16.1. The first-order valence-corrected chi connectivity index (χ1v) is 11.5. The molecule has 0 bridgehead atoms. The van der Waals surface area contributed by atoms with Crippen LogP contribution in [-0.2, 0) is 0 Å². The first kappa shape index (κ1) is 20.3. The number of aromatic amines is 1. The largest absolute Gasteiger partial charge is 0.321 e. The van der Waals surface area contributed by atoms with Crippen LogP contribution in [0, 0.1) is 6.92 Å². The Kier molecular flexibility index (Phi) is 5.58. The van der Waals surface area contributed by atoms with Crippen LogP contribution >= 0.6 is 0 Å². The average molecular weight is 422 g/mol. The smallest absolute Gasteiger partial charge is 0.253 e. The maximum atomic E-state index is 13.3. The Morgan fingerprint density at radius 3 is 2.68 bits per heavy atom. The predicted molar refractivity (Wildman–Crippen MR) is 120 cm³/mol. The summed E-state index contributed by atoms with van der Waals surface area (Å²) in [5.41, 5.74) is 2.66. The quantitative estimate of drug-likeness (QED) is 0.682. The van der Waals surface area contributed by atoms with Gasteiger partial charge in [0, 0.05) is 31.7 Å². The Labute approximate surface area is 182 Å². The molecule has 8 heteroatoms. The van der Waals surface area contributed by atoms with Crippen molar-refractivity contribution in [2.75, 3.05) is 32.7 Å². The number of aryl methyl sites for hydroxylation is 1. The highest BCUT2D eigenvalue weighted by Crippen LogP contribution is 2.34. The van der Waals surface area contributed by atoms with Crippen LogP contribution in [-0.4, -0.2) is 67.7 Å². The second-order valence-electron chi connectivity index (χ2n) is 8.89. The number of likely N-dealkylation sites (N-methyl/N-ethyl adjacent to an activating group) is 1. The van der Waals surface area contributed by atoms with Gasteiger partial charge in [0.1, 0.15) is 6.04 Å². The topological polar surface area (TPSA) is 82.9 Å². The minimum absolute atomic E-state index is 0.0503. The monoisotopic (exact) mass is 421 g/mol. The summed E-state index contributed by atoms with van der Waals surface area (Å²) in [4.78, 5) is 21.3. The molecule has 0 amide bonds. The molecule has 2 fully saturated rings. The van der Waals surface area contributed by atoms with E-state index in [-0.39, 0.29) is 11.6 Å². The van der Waals surface area contributed by atoms with E-state index in [1.165, 1.54) is 12.8 Å².